The Morgan fingerprint density at radius 3 is 2.95 bits per heavy atom. The van der Waals surface area contributed by atoms with E-state index in [9.17, 15) is 14.4 Å². The fourth-order valence-corrected chi connectivity index (χ4v) is 2.02. The summed E-state index contributed by atoms with van der Waals surface area (Å²) in [6.45, 7) is 2.46. The average molecular weight is 279 g/mol. The van der Waals surface area contributed by atoms with Crippen molar-refractivity contribution in [2.45, 2.75) is 38.4 Å². The highest BCUT2D eigenvalue weighted by Crippen LogP contribution is 2.03. The lowest BCUT2D eigenvalue weighted by Crippen LogP contribution is -2.37. The van der Waals surface area contributed by atoms with Gasteiger partial charge in [0.05, 0.1) is 6.54 Å². The molecular weight excluding hydrogens is 262 g/mol. The number of rotatable bonds is 6. The summed E-state index contributed by atoms with van der Waals surface area (Å²) in [5.41, 5.74) is 0. The summed E-state index contributed by atoms with van der Waals surface area (Å²) in [5, 5.41) is 11.5. The molecule has 1 aromatic heterocycles. The Kier molecular flexibility index (Phi) is 4.34. The van der Waals surface area contributed by atoms with Crippen LogP contribution in [0.5, 0.6) is 0 Å². The van der Waals surface area contributed by atoms with Gasteiger partial charge in [-0.2, -0.15) is 5.10 Å². The van der Waals surface area contributed by atoms with Crippen molar-refractivity contribution >= 4 is 17.8 Å². The molecule has 0 aromatic carbocycles. The minimum atomic E-state index is -0.616. The number of carbonyl (C=O) groups excluding carboxylic acids is 3. The van der Waals surface area contributed by atoms with Gasteiger partial charge in [-0.25, -0.2) is 4.79 Å². The van der Waals surface area contributed by atoms with E-state index in [1.54, 1.807) is 10.9 Å². The zero-order valence-electron chi connectivity index (χ0n) is 11.1. The second-order valence-corrected chi connectivity index (χ2v) is 4.75. The van der Waals surface area contributed by atoms with Crippen molar-refractivity contribution in [3.8, 4) is 0 Å². The maximum Gasteiger partial charge on any atom is 0.322 e. The van der Waals surface area contributed by atoms with Crippen molar-refractivity contribution < 1.29 is 14.4 Å². The van der Waals surface area contributed by atoms with E-state index in [1.807, 2.05) is 19.2 Å². The molecular formula is C12H17N5O3. The van der Waals surface area contributed by atoms with Gasteiger partial charge in [0.2, 0.25) is 5.91 Å². The molecule has 108 valence electrons. The summed E-state index contributed by atoms with van der Waals surface area (Å²) in [6, 6.07) is 0.632. The van der Waals surface area contributed by atoms with Gasteiger partial charge in [0.1, 0.15) is 6.04 Å². The van der Waals surface area contributed by atoms with E-state index >= 15 is 0 Å². The Labute approximate surface area is 115 Å². The minimum Gasteiger partial charge on any atom is -0.352 e. The quantitative estimate of drug-likeness (QED) is 0.603. The van der Waals surface area contributed by atoms with Crippen molar-refractivity contribution in [2.75, 3.05) is 0 Å². The number of urea groups is 1. The SMILES string of the molecule is CC(Cn1cccn1)NC(=O)CCC1NC(=O)NC1=O. The van der Waals surface area contributed by atoms with E-state index in [2.05, 4.69) is 21.0 Å². The second-order valence-electron chi connectivity index (χ2n) is 4.75. The molecule has 0 bridgehead atoms. The lowest BCUT2D eigenvalue weighted by atomic mass is 10.1. The van der Waals surface area contributed by atoms with Crippen LogP contribution in [0.25, 0.3) is 0 Å². The van der Waals surface area contributed by atoms with Crippen LogP contribution in [-0.2, 0) is 16.1 Å². The number of amides is 4. The molecule has 1 aliphatic rings. The Bertz CT molecular complexity index is 499. The molecule has 1 fully saturated rings. The van der Waals surface area contributed by atoms with Crippen LogP contribution in [-0.4, -0.2) is 39.7 Å². The zero-order chi connectivity index (χ0) is 14.5. The number of imide groups is 1. The predicted octanol–water partition coefficient (Wildman–Crippen LogP) is -0.624. The molecule has 0 radical (unpaired) electrons. The molecule has 2 atom stereocenters. The lowest BCUT2D eigenvalue weighted by molar-refractivity contribution is -0.122. The summed E-state index contributed by atoms with van der Waals surface area (Å²) in [5.74, 6) is -0.536. The van der Waals surface area contributed by atoms with E-state index in [4.69, 9.17) is 0 Å². The van der Waals surface area contributed by atoms with Crippen molar-refractivity contribution in [3.63, 3.8) is 0 Å². The number of nitrogens with zero attached hydrogens (tertiary/aromatic N) is 2. The maximum atomic E-state index is 11.7. The van der Waals surface area contributed by atoms with Gasteiger partial charge in [0.25, 0.3) is 5.91 Å². The average Bonchev–Trinajstić information content (AvgIpc) is 2.96. The highest BCUT2D eigenvalue weighted by molar-refractivity contribution is 6.04. The normalized spacial score (nSPS) is 19.4. The first kappa shape index (κ1) is 14.0. The van der Waals surface area contributed by atoms with Crippen LogP contribution in [0.2, 0.25) is 0 Å². The van der Waals surface area contributed by atoms with Gasteiger partial charge >= 0.3 is 6.03 Å². The largest absolute Gasteiger partial charge is 0.352 e. The molecule has 0 spiro atoms. The first-order valence-corrected chi connectivity index (χ1v) is 6.43. The number of hydrogen-bond acceptors (Lipinski definition) is 4. The first-order chi connectivity index (χ1) is 9.54. The molecule has 1 saturated heterocycles. The van der Waals surface area contributed by atoms with Gasteiger partial charge in [0, 0.05) is 24.9 Å². The van der Waals surface area contributed by atoms with E-state index in [-0.39, 0.29) is 30.7 Å². The van der Waals surface area contributed by atoms with E-state index in [0.29, 0.717) is 6.54 Å². The van der Waals surface area contributed by atoms with Gasteiger partial charge in [-0.15, -0.1) is 0 Å². The smallest absolute Gasteiger partial charge is 0.322 e. The third-order valence-electron chi connectivity index (χ3n) is 2.95. The lowest BCUT2D eigenvalue weighted by Gasteiger charge is -2.14. The van der Waals surface area contributed by atoms with Crippen LogP contribution in [0.15, 0.2) is 18.5 Å². The van der Waals surface area contributed by atoms with Gasteiger partial charge < -0.3 is 10.6 Å². The monoisotopic (exact) mass is 279 g/mol. The predicted molar refractivity (Wildman–Crippen MR) is 69.5 cm³/mol. The third-order valence-corrected chi connectivity index (χ3v) is 2.95. The highest BCUT2D eigenvalue weighted by Gasteiger charge is 2.29. The summed E-state index contributed by atoms with van der Waals surface area (Å²) in [7, 11) is 0. The number of nitrogens with one attached hydrogen (secondary N) is 3. The molecule has 0 aliphatic carbocycles. The van der Waals surface area contributed by atoms with Crippen molar-refractivity contribution in [1.82, 2.24) is 25.7 Å². The van der Waals surface area contributed by atoms with Crippen molar-refractivity contribution in [2.24, 2.45) is 0 Å². The number of aromatic nitrogens is 2. The van der Waals surface area contributed by atoms with Crippen LogP contribution in [0.4, 0.5) is 4.79 Å². The Hall–Kier alpha value is -2.38. The standard InChI is InChI=1S/C12H17N5O3/c1-8(7-17-6-2-5-13-17)14-10(18)4-3-9-11(19)16-12(20)15-9/h2,5-6,8-9H,3-4,7H2,1H3,(H,14,18)(H2,15,16,19,20). The Morgan fingerprint density at radius 1 is 1.55 bits per heavy atom. The summed E-state index contributed by atoms with van der Waals surface area (Å²) in [4.78, 5) is 33.9. The van der Waals surface area contributed by atoms with Crippen molar-refractivity contribution in [1.29, 1.82) is 0 Å². The third kappa shape index (κ3) is 3.81. The van der Waals surface area contributed by atoms with Crippen LogP contribution in [0, 0.1) is 0 Å². The molecule has 1 aromatic rings. The second kappa shape index (κ2) is 6.18. The van der Waals surface area contributed by atoms with Gasteiger partial charge in [-0.3, -0.25) is 19.6 Å². The molecule has 2 unspecified atom stereocenters. The van der Waals surface area contributed by atoms with E-state index < -0.39 is 12.1 Å². The number of hydrogen-bond donors (Lipinski definition) is 3. The molecule has 8 nitrogen and oxygen atoms in total. The molecule has 1 aliphatic heterocycles. The van der Waals surface area contributed by atoms with Gasteiger partial charge in [-0.05, 0) is 19.4 Å². The number of carbonyl (C=O) groups is 3. The minimum absolute atomic E-state index is 0.0607. The maximum absolute atomic E-state index is 11.7. The summed E-state index contributed by atoms with van der Waals surface area (Å²) in [6.07, 6.45) is 3.97. The molecule has 8 heteroatoms. The molecule has 3 N–H and O–H groups in total. The molecule has 4 amide bonds. The molecule has 2 heterocycles. The van der Waals surface area contributed by atoms with Crippen molar-refractivity contribution in [3.05, 3.63) is 18.5 Å². The fourth-order valence-electron chi connectivity index (χ4n) is 2.02. The highest BCUT2D eigenvalue weighted by atomic mass is 16.2. The van der Waals surface area contributed by atoms with Crippen LogP contribution < -0.4 is 16.0 Å². The topological polar surface area (TPSA) is 105 Å². The van der Waals surface area contributed by atoms with Gasteiger partial charge in [-0.1, -0.05) is 0 Å². The van der Waals surface area contributed by atoms with Crippen LogP contribution >= 0.6 is 0 Å². The fraction of sp³-hybridized carbons (Fsp3) is 0.500. The molecule has 20 heavy (non-hydrogen) atoms. The molecule has 0 saturated carbocycles. The van der Waals surface area contributed by atoms with Gasteiger partial charge in [0.15, 0.2) is 0 Å². The zero-order valence-corrected chi connectivity index (χ0v) is 11.1. The van der Waals surface area contributed by atoms with Crippen LogP contribution in [0.3, 0.4) is 0 Å². The summed E-state index contributed by atoms with van der Waals surface area (Å²) < 4.78 is 1.73. The van der Waals surface area contributed by atoms with Crippen LogP contribution in [0.1, 0.15) is 19.8 Å². The summed E-state index contributed by atoms with van der Waals surface area (Å²) >= 11 is 0. The first-order valence-electron chi connectivity index (χ1n) is 6.43. The van der Waals surface area contributed by atoms with E-state index in [1.165, 1.54) is 0 Å². The van der Waals surface area contributed by atoms with E-state index in [0.717, 1.165) is 0 Å². The Morgan fingerprint density at radius 2 is 2.35 bits per heavy atom. The molecule has 2 rings (SSSR count). The Balaban J connectivity index is 1.70.